The second kappa shape index (κ2) is 7.33. The predicted molar refractivity (Wildman–Crippen MR) is 73.4 cm³/mol. The van der Waals surface area contributed by atoms with E-state index in [0.29, 0.717) is 6.42 Å². The largest absolute Gasteiger partial charge is 0.487 e. The molecule has 1 aromatic carbocycles. The average molecular weight is 238 g/mol. The van der Waals surface area contributed by atoms with Crippen molar-refractivity contribution < 1.29 is 9.84 Å². The molecule has 0 saturated carbocycles. The molecule has 1 aliphatic heterocycles. The molecule has 17 heavy (non-hydrogen) atoms. The number of hydrogen-bond acceptors (Lipinski definition) is 2. The minimum atomic E-state index is -0.389. The Morgan fingerprint density at radius 2 is 1.65 bits per heavy atom. The number of rotatable bonds is 0. The highest BCUT2D eigenvalue weighted by atomic mass is 16.5. The Balaban J connectivity index is 0.000000581. The van der Waals surface area contributed by atoms with Gasteiger partial charge in [0.2, 0.25) is 0 Å². The molecule has 2 rings (SSSR count). The Morgan fingerprint density at radius 1 is 1.12 bits per heavy atom. The molecular weight excluding hydrogens is 212 g/mol. The molecule has 0 saturated heterocycles. The van der Waals surface area contributed by atoms with E-state index in [2.05, 4.69) is 0 Å². The molecule has 1 N–H and O–H groups in total. The summed E-state index contributed by atoms with van der Waals surface area (Å²) in [6.07, 6.45) is 0.268. The fourth-order valence-electron chi connectivity index (χ4n) is 1.76. The predicted octanol–water partition coefficient (Wildman–Crippen LogP) is 4.33. The van der Waals surface area contributed by atoms with Crippen molar-refractivity contribution in [2.45, 2.75) is 59.7 Å². The molecule has 0 bridgehead atoms. The van der Waals surface area contributed by atoms with E-state index in [0.717, 1.165) is 11.3 Å². The molecule has 0 amide bonds. The smallest absolute Gasteiger partial charge is 0.125 e. The minimum Gasteiger partial charge on any atom is -0.487 e. The van der Waals surface area contributed by atoms with Crippen LogP contribution in [0.4, 0.5) is 0 Å². The Kier molecular flexibility index (Phi) is 6.89. The summed E-state index contributed by atoms with van der Waals surface area (Å²) in [5.74, 6) is 0.811. The second-order valence-corrected chi connectivity index (χ2v) is 4.12. The molecule has 1 aromatic rings. The molecule has 0 aliphatic carbocycles. The van der Waals surface area contributed by atoms with Crippen LogP contribution in [0.2, 0.25) is 0 Å². The van der Waals surface area contributed by atoms with Crippen molar-refractivity contribution in [3.8, 4) is 5.75 Å². The third kappa shape index (κ3) is 4.39. The van der Waals surface area contributed by atoms with Gasteiger partial charge in [0.25, 0.3) is 0 Å². The SMILES string of the molecule is CC.CC.CC1(C)CC(O)c2ccccc2O1. The molecule has 1 heterocycles. The van der Waals surface area contributed by atoms with Crippen molar-refractivity contribution in [1.29, 1.82) is 0 Å². The van der Waals surface area contributed by atoms with E-state index in [1.54, 1.807) is 0 Å². The Labute approximate surface area is 106 Å². The highest BCUT2D eigenvalue weighted by Gasteiger charge is 2.31. The summed E-state index contributed by atoms with van der Waals surface area (Å²) in [4.78, 5) is 0. The van der Waals surface area contributed by atoms with E-state index in [1.165, 1.54) is 0 Å². The number of ether oxygens (including phenoxy) is 1. The van der Waals surface area contributed by atoms with Gasteiger partial charge in [0.1, 0.15) is 11.4 Å². The fourth-order valence-corrected chi connectivity index (χ4v) is 1.76. The van der Waals surface area contributed by atoms with Gasteiger partial charge in [0.05, 0.1) is 6.10 Å². The zero-order chi connectivity index (χ0) is 13.5. The molecule has 0 spiro atoms. The van der Waals surface area contributed by atoms with Crippen LogP contribution in [0.25, 0.3) is 0 Å². The molecule has 1 atom stereocenters. The van der Waals surface area contributed by atoms with Gasteiger partial charge in [-0.15, -0.1) is 0 Å². The first-order valence-corrected chi connectivity index (χ1v) is 6.54. The summed E-state index contributed by atoms with van der Waals surface area (Å²) < 4.78 is 5.73. The molecule has 0 radical (unpaired) electrons. The van der Waals surface area contributed by atoms with E-state index >= 15 is 0 Å². The van der Waals surface area contributed by atoms with Crippen molar-refractivity contribution in [1.82, 2.24) is 0 Å². The van der Waals surface area contributed by atoms with Crippen molar-refractivity contribution in [2.75, 3.05) is 0 Å². The number of aliphatic hydroxyl groups excluding tert-OH is 1. The lowest BCUT2D eigenvalue weighted by Gasteiger charge is -2.35. The molecule has 2 nitrogen and oxygen atoms in total. The van der Waals surface area contributed by atoms with Crippen molar-refractivity contribution in [3.05, 3.63) is 29.8 Å². The molecule has 1 unspecified atom stereocenters. The Bertz CT molecular complexity index is 318. The molecule has 2 heteroatoms. The summed E-state index contributed by atoms with van der Waals surface area (Å²) in [7, 11) is 0. The summed E-state index contributed by atoms with van der Waals surface area (Å²) in [5.41, 5.74) is 0.648. The van der Waals surface area contributed by atoms with E-state index in [4.69, 9.17) is 4.74 Å². The number of para-hydroxylation sites is 1. The first-order chi connectivity index (χ1) is 8.08. The van der Waals surface area contributed by atoms with Crippen LogP contribution in [0.3, 0.4) is 0 Å². The van der Waals surface area contributed by atoms with Crippen molar-refractivity contribution in [2.24, 2.45) is 0 Å². The maximum Gasteiger partial charge on any atom is 0.125 e. The van der Waals surface area contributed by atoms with E-state index in [1.807, 2.05) is 65.8 Å². The van der Waals surface area contributed by atoms with Crippen LogP contribution in [0, 0.1) is 0 Å². The van der Waals surface area contributed by atoms with Crippen LogP contribution in [0.15, 0.2) is 24.3 Å². The van der Waals surface area contributed by atoms with Gasteiger partial charge in [-0.2, -0.15) is 0 Å². The summed E-state index contributed by atoms with van der Waals surface area (Å²) in [5, 5.41) is 9.82. The molecule has 0 aromatic heterocycles. The zero-order valence-electron chi connectivity index (χ0n) is 11.9. The van der Waals surface area contributed by atoms with Gasteiger partial charge in [-0.1, -0.05) is 45.9 Å². The number of aliphatic hydroxyl groups is 1. The van der Waals surface area contributed by atoms with Gasteiger partial charge in [-0.05, 0) is 19.9 Å². The molecular formula is C15H26O2. The Hall–Kier alpha value is -1.02. The normalized spacial score (nSPS) is 19.6. The maximum atomic E-state index is 9.82. The second-order valence-electron chi connectivity index (χ2n) is 4.12. The third-order valence-electron chi connectivity index (χ3n) is 2.35. The molecule has 98 valence electrons. The quantitative estimate of drug-likeness (QED) is 0.728. The van der Waals surface area contributed by atoms with Gasteiger partial charge < -0.3 is 9.84 Å². The first-order valence-electron chi connectivity index (χ1n) is 6.54. The van der Waals surface area contributed by atoms with Gasteiger partial charge in [-0.3, -0.25) is 0 Å². The van der Waals surface area contributed by atoms with Crippen LogP contribution in [0.1, 0.15) is 59.6 Å². The zero-order valence-corrected chi connectivity index (χ0v) is 11.9. The molecule has 1 aliphatic rings. The number of benzene rings is 1. The maximum absolute atomic E-state index is 9.82. The van der Waals surface area contributed by atoms with E-state index in [-0.39, 0.29) is 11.7 Å². The third-order valence-corrected chi connectivity index (χ3v) is 2.35. The van der Waals surface area contributed by atoms with Crippen LogP contribution in [-0.2, 0) is 0 Å². The van der Waals surface area contributed by atoms with Crippen LogP contribution in [-0.4, -0.2) is 10.7 Å². The van der Waals surface area contributed by atoms with Gasteiger partial charge in [-0.25, -0.2) is 0 Å². The van der Waals surface area contributed by atoms with Gasteiger partial charge >= 0.3 is 0 Å². The first kappa shape index (κ1) is 16.0. The highest BCUT2D eigenvalue weighted by molar-refractivity contribution is 5.37. The lowest BCUT2D eigenvalue weighted by Crippen LogP contribution is -2.34. The summed E-state index contributed by atoms with van der Waals surface area (Å²) >= 11 is 0. The topological polar surface area (TPSA) is 29.5 Å². The fraction of sp³-hybridized carbons (Fsp3) is 0.600. The lowest BCUT2D eigenvalue weighted by atomic mass is 9.92. The minimum absolute atomic E-state index is 0.256. The van der Waals surface area contributed by atoms with E-state index in [9.17, 15) is 5.11 Å². The summed E-state index contributed by atoms with van der Waals surface area (Å²) in [6.45, 7) is 12.0. The number of fused-ring (bicyclic) bond motifs is 1. The van der Waals surface area contributed by atoms with Crippen molar-refractivity contribution >= 4 is 0 Å². The van der Waals surface area contributed by atoms with Gasteiger partial charge in [0.15, 0.2) is 0 Å². The lowest BCUT2D eigenvalue weighted by molar-refractivity contribution is 0.0115. The Morgan fingerprint density at radius 3 is 2.24 bits per heavy atom. The average Bonchev–Trinajstić information content (AvgIpc) is 2.33. The highest BCUT2D eigenvalue weighted by Crippen LogP contribution is 2.38. The monoisotopic (exact) mass is 238 g/mol. The van der Waals surface area contributed by atoms with Crippen LogP contribution >= 0.6 is 0 Å². The van der Waals surface area contributed by atoms with Crippen molar-refractivity contribution in [3.63, 3.8) is 0 Å². The number of hydrogen-bond donors (Lipinski definition) is 1. The van der Waals surface area contributed by atoms with Gasteiger partial charge in [0, 0.05) is 12.0 Å². The summed E-state index contributed by atoms with van der Waals surface area (Å²) in [6, 6.07) is 7.66. The molecule has 0 fully saturated rings. The van der Waals surface area contributed by atoms with Crippen LogP contribution < -0.4 is 4.74 Å². The van der Waals surface area contributed by atoms with E-state index < -0.39 is 0 Å². The standard InChI is InChI=1S/C11H14O2.2C2H6/c1-11(2)7-9(12)8-5-3-4-6-10(8)13-11;2*1-2/h3-6,9,12H,7H2,1-2H3;2*1-2H3. The van der Waals surface area contributed by atoms with Crippen LogP contribution in [0.5, 0.6) is 5.75 Å².